The highest BCUT2D eigenvalue weighted by Crippen LogP contribution is 2.20. The highest BCUT2D eigenvalue weighted by Gasteiger charge is 2.20. The van der Waals surface area contributed by atoms with Gasteiger partial charge in [0.2, 0.25) is 5.91 Å². The van der Waals surface area contributed by atoms with Crippen molar-refractivity contribution in [2.24, 2.45) is 5.92 Å². The molecule has 1 aliphatic heterocycles. The highest BCUT2D eigenvalue weighted by atomic mass is 16.1. The molecule has 4 nitrogen and oxygen atoms in total. The molecular formula is C16H25N3O. The lowest BCUT2D eigenvalue weighted by molar-refractivity contribution is -0.116. The molecule has 3 N–H and O–H groups in total. The van der Waals surface area contributed by atoms with Gasteiger partial charge in [-0.2, -0.15) is 0 Å². The number of anilines is 2. The average Bonchev–Trinajstić information content (AvgIpc) is 2.89. The molecule has 1 aromatic carbocycles. The van der Waals surface area contributed by atoms with Crippen LogP contribution in [-0.4, -0.2) is 30.4 Å². The van der Waals surface area contributed by atoms with Gasteiger partial charge in [-0.25, -0.2) is 0 Å². The summed E-state index contributed by atoms with van der Waals surface area (Å²) in [4.78, 5) is 14.3. The Labute approximate surface area is 121 Å². The maximum Gasteiger partial charge on any atom is 0.224 e. The van der Waals surface area contributed by atoms with Crippen molar-refractivity contribution in [2.45, 2.75) is 32.6 Å². The quantitative estimate of drug-likeness (QED) is 0.785. The second-order valence-electron chi connectivity index (χ2n) is 5.60. The second kappa shape index (κ2) is 7.29. The van der Waals surface area contributed by atoms with E-state index in [0.29, 0.717) is 17.8 Å². The molecule has 0 aromatic heterocycles. The minimum absolute atomic E-state index is 0.0501. The molecule has 0 saturated carbocycles. The molecule has 1 saturated heterocycles. The molecule has 1 fully saturated rings. The van der Waals surface area contributed by atoms with Crippen molar-refractivity contribution >= 4 is 17.3 Å². The lowest BCUT2D eigenvalue weighted by Gasteiger charge is -2.15. The van der Waals surface area contributed by atoms with Crippen molar-refractivity contribution in [3.63, 3.8) is 0 Å². The molecule has 1 aliphatic rings. The number of nitrogens with one attached hydrogen (secondary N) is 1. The van der Waals surface area contributed by atoms with E-state index in [1.165, 1.54) is 25.9 Å². The lowest BCUT2D eigenvalue weighted by Crippen LogP contribution is -2.23. The lowest BCUT2D eigenvalue weighted by atomic mass is 10.1. The zero-order valence-corrected chi connectivity index (χ0v) is 12.3. The summed E-state index contributed by atoms with van der Waals surface area (Å²) < 4.78 is 0. The fourth-order valence-corrected chi connectivity index (χ4v) is 2.74. The van der Waals surface area contributed by atoms with Crippen molar-refractivity contribution in [2.75, 3.05) is 30.7 Å². The van der Waals surface area contributed by atoms with E-state index in [-0.39, 0.29) is 5.91 Å². The van der Waals surface area contributed by atoms with E-state index in [2.05, 4.69) is 17.1 Å². The van der Waals surface area contributed by atoms with Crippen LogP contribution in [0.2, 0.25) is 0 Å². The molecule has 0 radical (unpaired) electrons. The highest BCUT2D eigenvalue weighted by molar-refractivity contribution is 5.93. The van der Waals surface area contributed by atoms with Crippen LogP contribution in [0, 0.1) is 5.92 Å². The summed E-state index contributed by atoms with van der Waals surface area (Å²) in [5.41, 5.74) is 7.13. The SMILES string of the molecule is CCC1CCN(CCCC(=O)Nc2ccccc2N)C1. The van der Waals surface area contributed by atoms with Gasteiger partial charge >= 0.3 is 0 Å². The molecule has 0 aliphatic carbocycles. The first-order valence-electron chi connectivity index (χ1n) is 7.55. The van der Waals surface area contributed by atoms with Crippen LogP contribution in [-0.2, 0) is 4.79 Å². The van der Waals surface area contributed by atoms with Gasteiger partial charge in [-0.1, -0.05) is 25.5 Å². The minimum Gasteiger partial charge on any atom is -0.397 e. The van der Waals surface area contributed by atoms with Gasteiger partial charge in [0.15, 0.2) is 0 Å². The summed E-state index contributed by atoms with van der Waals surface area (Å²) in [7, 11) is 0. The second-order valence-corrected chi connectivity index (χ2v) is 5.60. The monoisotopic (exact) mass is 275 g/mol. The normalized spacial score (nSPS) is 19.1. The molecule has 1 aromatic rings. The Morgan fingerprint density at radius 1 is 1.45 bits per heavy atom. The molecule has 0 bridgehead atoms. The summed E-state index contributed by atoms with van der Waals surface area (Å²) in [6, 6.07) is 7.37. The third-order valence-corrected chi connectivity index (χ3v) is 4.06. The maximum atomic E-state index is 11.9. The predicted molar refractivity (Wildman–Crippen MR) is 83.6 cm³/mol. The fourth-order valence-electron chi connectivity index (χ4n) is 2.74. The molecule has 2 rings (SSSR count). The van der Waals surface area contributed by atoms with E-state index in [1.807, 2.05) is 18.2 Å². The largest absolute Gasteiger partial charge is 0.397 e. The van der Waals surface area contributed by atoms with Crippen LogP contribution in [0.25, 0.3) is 0 Å². The topological polar surface area (TPSA) is 58.4 Å². The number of nitrogens with zero attached hydrogens (tertiary/aromatic N) is 1. The fraction of sp³-hybridized carbons (Fsp3) is 0.562. The number of nitrogens with two attached hydrogens (primary N) is 1. The number of hydrogen-bond acceptors (Lipinski definition) is 3. The van der Waals surface area contributed by atoms with Crippen molar-refractivity contribution in [3.05, 3.63) is 24.3 Å². The van der Waals surface area contributed by atoms with Crippen LogP contribution in [0.3, 0.4) is 0 Å². The first-order valence-corrected chi connectivity index (χ1v) is 7.55. The first kappa shape index (κ1) is 14.9. The van der Waals surface area contributed by atoms with Crippen molar-refractivity contribution < 1.29 is 4.79 Å². The summed E-state index contributed by atoms with van der Waals surface area (Å²) in [6.45, 7) is 5.66. The Morgan fingerprint density at radius 2 is 2.25 bits per heavy atom. The van der Waals surface area contributed by atoms with Gasteiger partial charge in [0.05, 0.1) is 11.4 Å². The summed E-state index contributed by atoms with van der Waals surface area (Å²) in [5.74, 6) is 0.905. The minimum atomic E-state index is 0.0501. The number of benzene rings is 1. The number of rotatable bonds is 6. The average molecular weight is 275 g/mol. The third-order valence-electron chi connectivity index (χ3n) is 4.06. The van der Waals surface area contributed by atoms with E-state index in [4.69, 9.17) is 5.73 Å². The van der Waals surface area contributed by atoms with Crippen molar-refractivity contribution in [1.29, 1.82) is 0 Å². The van der Waals surface area contributed by atoms with Crippen LogP contribution in [0.4, 0.5) is 11.4 Å². The molecule has 1 unspecified atom stereocenters. The molecule has 4 heteroatoms. The summed E-state index contributed by atoms with van der Waals surface area (Å²) in [5, 5.41) is 2.87. The standard InChI is InChI=1S/C16H25N3O/c1-2-13-9-11-19(12-13)10-5-8-16(20)18-15-7-4-3-6-14(15)17/h3-4,6-7,13H,2,5,8-12,17H2,1H3,(H,18,20). The molecular weight excluding hydrogens is 250 g/mol. The Bertz CT molecular complexity index is 447. The van der Waals surface area contributed by atoms with E-state index in [0.717, 1.165) is 18.9 Å². The summed E-state index contributed by atoms with van der Waals surface area (Å²) >= 11 is 0. The van der Waals surface area contributed by atoms with E-state index >= 15 is 0 Å². The number of likely N-dealkylation sites (tertiary alicyclic amines) is 1. The zero-order valence-electron chi connectivity index (χ0n) is 12.3. The van der Waals surface area contributed by atoms with E-state index < -0.39 is 0 Å². The summed E-state index contributed by atoms with van der Waals surface area (Å²) in [6.07, 6.45) is 4.05. The van der Waals surface area contributed by atoms with Crippen molar-refractivity contribution in [3.8, 4) is 0 Å². The molecule has 1 amide bonds. The number of carbonyl (C=O) groups excluding carboxylic acids is 1. The van der Waals surface area contributed by atoms with Gasteiger partial charge < -0.3 is 16.0 Å². The van der Waals surface area contributed by atoms with Gasteiger partial charge in [0.25, 0.3) is 0 Å². The van der Waals surface area contributed by atoms with Crippen molar-refractivity contribution in [1.82, 2.24) is 4.90 Å². The number of carbonyl (C=O) groups is 1. The Balaban J connectivity index is 1.67. The molecule has 110 valence electrons. The van der Waals surface area contributed by atoms with Gasteiger partial charge in [-0.15, -0.1) is 0 Å². The number of para-hydroxylation sites is 2. The smallest absolute Gasteiger partial charge is 0.224 e. The Morgan fingerprint density at radius 3 is 2.95 bits per heavy atom. The molecule has 1 atom stereocenters. The molecule has 1 heterocycles. The van der Waals surface area contributed by atoms with Crippen LogP contribution in [0.5, 0.6) is 0 Å². The van der Waals surface area contributed by atoms with Crippen LogP contribution in [0.15, 0.2) is 24.3 Å². The van der Waals surface area contributed by atoms with Gasteiger partial charge in [-0.3, -0.25) is 4.79 Å². The van der Waals surface area contributed by atoms with Crippen LogP contribution >= 0.6 is 0 Å². The number of amides is 1. The van der Waals surface area contributed by atoms with Crippen LogP contribution < -0.4 is 11.1 Å². The number of nitrogen functional groups attached to an aromatic ring is 1. The molecule has 20 heavy (non-hydrogen) atoms. The van der Waals surface area contributed by atoms with Gasteiger partial charge in [0, 0.05) is 13.0 Å². The molecule has 0 spiro atoms. The number of hydrogen-bond donors (Lipinski definition) is 2. The zero-order chi connectivity index (χ0) is 14.4. The Hall–Kier alpha value is -1.55. The maximum absolute atomic E-state index is 11.9. The Kier molecular flexibility index (Phi) is 5.41. The van der Waals surface area contributed by atoms with Gasteiger partial charge in [-0.05, 0) is 44.0 Å². The van der Waals surface area contributed by atoms with E-state index in [9.17, 15) is 4.79 Å². The van der Waals surface area contributed by atoms with Gasteiger partial charge in [0.1, 0.15) is 0 Å². The predicted octanol–water partition coefficient (Wildman–Crippen LogP) is 2.72. The third kappa shape index (κ3) is 4.23. The van der Waals surface area contributed by atoms with E-state index in [1.54, 1.807) is 6.07 Å². The first-order chi connectivity index (χ1) is 9.69. The van der Waals surface area contributed by atoms with Crippen LogP contribution in [0.1, 0.15) is 32.6 Å².